The van der Waals surface area contributed by atoms with E-state index in [-0.39, 0.29) is 0 Å². The molecule has 2 rings (SSSR count). The van der Waals surface area contributed by atoms with Gasteiger partial charge in [-0.15, -0.1) is 11.3 Å². The van der Waals surface area contributed by atoms with Crippen LogP contribution in [0.15, 0.2) is 18.7 Å². The molecule has 0 amide bonds. The van der Waals surface area contributed by atoms with Crippen molar-refractivity contribution in [1.82, 2.24) is 15.0 Å². The zero-order valence-electron chi connectivity index (χ0n) is 7.43. The van der Waals surface area contributed by atoms with Gasteiger partial charge in [0.05, 0.1) is 10.6 Å². The lowest BCUT2D eigenvalue weighted by molar-refractivity contribution is 1.16. The maximum atomic E-state index is 8.69. The van der Waals surface area contributed by atoms with Crippen molar-refractivity contribution in [2.45, 2.75) is 6.92 Å². The molecular weight excluding hydrogens is 196 g/mol. The summed E-state index contributed by atoms with van der Waals surface area (Å²) in [6.07, 6.45) is 4.91. The van der Waals surface area contributed by atoms with E-state index in [1.54, 1.807) is 12.4 Å². The van der Waals surface area contributed by atoms with E-state index in [2.05, 4.69) is 15.0 Å². The summed E-state index contributed by atoms with van der Waals surface area (Å²) in [5, 5.41) is 9.16. The van der Waals surface area contributed by atoms with Crippen molar-refractivity contribution >= 4 is 11.3 Å². The molecule has 0 aliphatic rings. The van der Waals surface area contributed by atoms with Crippen molar-refractivity contribution in [3.8, 4) is 16.5 Å². The molecule has 0 saturated carbocycles. The fourth-order valence-corrected chi connectivity index (χ4v) is 1.97. The van der Waals surface area contributed by atoms with Gasteiger partial charge in [0.15, 0.2) is 5.01 Å². The lowest BCUT2D eigenvalue weighted by atomic mass is 10.2. The van der Waals surface area contributed by atoms with E-state index < -0.39 is 0 Å². The summed E-state index contributed by atoms with van der Waals surface area (Å²) in [7, 11) is 0. The number of hydrogen-bond donors (Lipinski definition) is 0. The molecule has 14 heavy (non-hydrogen) atoms. The first-order valence-electron chi connectivity index (χ1n) is 3.94. The minimum absolute atomic E-state index is 0.473. The van der Waals surface area contributed by atoms with Crippen LogP contribution in [0.2, 0.25) is 0 Å². The fraction of sp³-hybridized carbons (Fsp3) is 0.111. The van der Waals surface area contributed by atoms with Crippen molar-refractivity contribution < 1.29 is 0 Å². The zero-order valence-corrected chi connectivity index (χ0v) is 8.25. The summed E-state index contributed by atoms with van der Waals surface area (Å²) in [4.78, 5) is 12.9. The zero-order chi connectivity index (χ0) is 9.97. The Labute approximate surface area is 84.9 Å². The van der Waals surface area contributed by atoms with Crippen LogP contribution in [0.4, 0.5) is 0 Å². The van der Waals surface area contributed by atoms with E-state index >= 15 is 0 Å². The summed E-state index contributed by atoms with van der Waals surface area (Å²) in [5.74, 6) is 0. The quantitative estimate of drug-likeness (QED) is 0.707. The van der Waals surface area contributed by atoms with Crippen LogP contribution in [0.3, 0.4) is 0 Å². The van der Waals surface area contributed by atoms with E-state index in [9.17, 15) is 0 Å². The third-order valence-electron chi connectivity index (χ3n) is 1.72. The molecular formula is C9H6N4S. The van der Waals surface area contributed by atoms with E-state index in [0.717, 1.165) is 16.1 Å². The van der Waals surface area contributed by atoms with Gasteiger partial charge in [0.2, 0.25) is 0 Å². The van der Waals surface area contributed by atoms with Gasteiger partial charge in [-0.05, 0) is 6.92 Å². The Kier molecular flexibility index (Phi) is 2.21. The molecule has 0 saturated heterocycles. The van der Waals surface area contributed by atoms with E-state index in [1.807, 2.05) is 13.0 Å². The highest BCUT2D eigenvalue weighted by atomic mass is 32.1. The minimum atomic E-state index is 0.473. The number of aromatic nitrogens is 3. The second-order valence-corrected chi connectivity index (χ2v) is 3.67. The number of aryl methyl sites for hydroxylation is 1. The lowest BCUT2D eigenvalue weighted by Crippen LogP contribution is -1.81. The molecule has 2 heterocycles. The highest BCUT2D eigenvalue weighted by molar-refractivity contribution is 7.15. The Hall–Kier alpha value is -1.80. The van der Waals surface area contributed by atoms with Gasteiger partial charge in [-0.1, -0.05) is 0 Å². The first kappa shape index (κ1) is 8.78. The molecule has 0 N–H and O–H groups in total. The van der Waals surface area contributed by atoms with Crippen molar-refractivity contribution in [2.75, 3.05) is 0 Å². The maximum absolute atomic E-state index is 8.69. The Balaban J connectivity index is 2.53. The molecule has 0 aromatic carbocycles. The molecule has 2 aromatic heterocycles. The van der Waals surface area contributed by atoms with Gasteiger partial charge in [-0.2, -0.15) is 5.26 Å². The number of thiazole rings is 1. The summed E-state index contributed by atoms with van der Waals surface area (Å²) in [5.41, 5.74) is 1.75. The van der Waals surface area contributed by atoms with Crippen molar-refractivity contribution in [1.29, 1.82) is 5.26 Å². The average molecular weight is 202 g/mol. The van der Waals surface area contributed by atoms with Crippen LogP contribution in [0.25, 0.3) is 10.4 Å². The first-order valence-corrected chi connectivity index (χ1v) is 4.76. The predicted octanol–water partition coefficient (Wildman–Crippen LogP) is 1.78. The van der Waals surface area contributed by atoms with E-state index in [0.29, 0.717) is 5.01 Å². The van der Waals surface area contributed by atoms with E-state index in [1.165, 1.54) is 17.7 Å². The van der Waals surface area contributed by atoms with Gasteiger partial charge in [-0.3, -0.25) is 0 Å². The van der Waals surface area contributed by atoms with Crippen molar-refractivity contribution in [2.24, 2.45) is 0 Å². The Morgan fingerprint density at radius 1 is 1.36 bits per heavy atom. The van der Waals surface area contributed by atoms with Gasteiger partial charge in [0, 0.05) is 18.0 Å². The molecule has 2 aromatic rings. The molecule has 0 aliphatic heterocycles. The summed E-state index contributed by atoms with van der Waals surface area (Å²) in [6.45, 7) is 1.87. The number of hydrogen-bond acceptors (Lipinski definition) is 5. The van der Waals surface area contributed by atoms with Gasteiger partial charge < -0.3 is 0 Å². The largest absolute Gasteiger partial charge is 0.244 e. The Bertz CT molecular complexity index is 483. The molecule has 4 nitrogen and oxygen atoms in total. The highest BCUT2D eigenvalue weighted by Gasteiger charge is 2.08. The molecule has 0 unspecified atom stereocenters. The topological polar surface area (TPSA) is 62.5 Å². The van der Waals surface area contributed by atoms with Crippen LogP contribution in [0.1, 0.15) is 10.7 Å². The van der Waals surface area contributed by atoms with Crippen LogP contribution in [0, 0.1) is 18.3 Å². The molecule has 0 fully saturated rings. The van der Waals surface area contributed by atoms with Crippen molar-refractivity contribution in [3.63, 3.8) is 0 Å². The average Bonchev–Trinajstić information content (AvgIpc) is 2.61. The van der Waals surface area contributed by atoms with Crippen LogP contribution in [0.5, 0.6) is 0 Å². The summed E-state index contributed by atoms with van der Waals surface area (Å²) < 4.78 is 0. The van der Waals surface area contributed by atoms with E-state index in [4.69, 9.17) is 5.26 Å². The third kappa shape index (κ3) is 1.47. The van der Waals surface area contributed by atoms with Crippen molar-refractivity contribution in [3.05, 3.63) is 29.4 Å². The van der Waals surface area contributed by atoms with Crippen LogP contribution in [-0.4, -0.2) is 15.0 Å². The third-order valence-corrected chi connectivity index (χ3v) is 2.83. The summed E-state index contributed by atoms with van der Waals surface area (Å²) in [6, 6.07) is 2.02. The predicted molar refractivity (Wildman–Crippen MR) is 52.6 cm³/mol. The second-order valence-electron chi connectivity index (χ2n) is 2.67. The number of rotatable bonds is 1. The summed E-state index contributed by atoms with van der Waals surface area (Å²) >= 11 is 1.36. The highest BCUT2D eigenvalue weighted by Crippen LogP contribution is 2.28. The first-order chi connectivity index (χ1) is 6.81. The Morgan fingerprint density at radius 2 is 2.07 bits per heavy atom. The Morgan fingerprint density at radius 3 is 2.64 bits per heavy atom. The molecule has 0 radical (unpaired) electrons. The number of nitriles is 1. The number of nitrogens with zero attached hydrogens (tertiary/aromatic N) is 4. The molecule has 0 aliphatic carbocycles. The fourth-order valence-electron chi connectivity index (χ4n) is 1.13. The second kappa shape index (κ2) is 3.52. The van der Waals surface area contributed by atoms with Crippen LogP contribution >= 0.6 is 11.3 Å². The van der Waals surface area contributed by atoms with Gasteiger partial charge >= 0.3 is 0 Å². The molecule has 5 heteroatoms. The smallest absolute Gasteiger partial charge is 0.195 e. The van der Waals surface area contributed by atoms with Gasteiger partial charge in [0.25, 0.3) is 0 Å². The van der Waals surface area contributed by atoms with Gasteiger partial charge in [-0.25, -0.2) is 15.0 Å². The molecule has 0 spiro atoms. The molecule has 0 atom stereocenters. The molecule has 68 valence electrons. The van der Waals surface area contributed by atoms with Crippen LogP contribution in [-0.2, 0) is 0 Å². The van der Waals surface area contributed by atoms with Crippen LogP contribution < -0.4 is 0 Å². The maximum Gasteiger partial charge on any atom is 0.195 e. The SMILES string of the molecule is Cc1nc(C#N)sc1-c1cncnc1. The monoisotopic (exact) mass is 202 g/mol. The standard InChI is InChI=1S/C9H6N4S/c1-6-9(14-8(2-10)13-6)7-3-11-5-12-4-7/h3-5H,1H3. The lowest BCUT2D eigenvalue weighted by Gasteiger charge is -1.94. The molecule has 0 bridgehead atoms. The van der Waals surface area contributed by atoms with Gasteiger partial charge in [0.1, 0.15) is 12.4 Å². The normalized spacial score (nSPS) is 9.71. The minimum Gasteiger partial charge on any atom is -0.244 e.